The topological polar surface area (TPSA) is 34.1 Å². The van der Waals surface area contributed by atoms with Gasteiger partial charge in [-0.2, -0.15) is 0 Å². The third-order valence-electron chi connectivity index (χ3n) is 2.58. The number of carbonyl (C=O) groups excluding carboxylic acids is 2. The van der Waals surface area contributed by atoms with E-state index in [1.54, 1.807) is 0 Å². The van der Waals surface area contributed by atoms with Crippen LogP contribution >= 0.6 is 45.2 Å². The molecule has 0 radical (unpaired) electrons. The van der Waals surface area contributed by atoms with Gasteiger partial charge in [0.2, 0.25) is 0 Å². The van der Waals surface area contributed by atoms with Crippen molar-refractivity contribution in [1.29, 1.82) is 0 Å². The second kappa shape index (κ2) is 10.9. The van der Waals surface area contributed by atoms with E-state index < -0.39 is 0 Å². The number of alkyl halides is 2. The molecular formula is C12H20I2O2. The molecular weight excluding hydrogens is 430 g/mol. The summed E-state index contributed by atoms with van der Waals surface area (Å²) in [5.74, 6) is 0.772. The quantitative estimate of drug-likeness (QED) is 0.373. The predicted molar refractivity (Wildman–Crippen MR) is 84.7 cm³/mol. The number of carbonyl (C=O) groups is 2. The van der Waals surface area contributed by atoms with Crippen molar-refractivity contribution in [3.63, 3.8) is 0 Å². The molecule has 0 saturated carbocycles. The summed E-state index contributed by atoms with van der Waals surface area (Å²) in [5, 5.41) is 0. The molecule has 0 amide bonds. The molecule has 0 aromatic carbocycles. The number of ketones is 2. The van der Waals surface area contributed by atoms with E-state index in [2.05, 4.69) is 52.1 Å². The Kier molecular flexibility index (Phi) is 11.5. The third kappa shape index (κ3) is 7.97. The van der Waals surface area contributed by atoms with Crippen molar-refractivity contribution in [2.24, 2.45) is 5.92 Å². The Labute approximate surface area is 126 Å². The highest BCUT2D eigenvalue weighted by Crippen LogP contribution is 2.18. The van der Waals surface area contributed by atoms with Crippen LogP contribution in [0.5, 0.6) is 0 Å². The first-order valence-corrected chi connectivity index (χ1v) is 8.87. The second-order valence-electron chi connectivity index (χ2n) is 3.91. The number of Topliss-reactive ketones (excluding diaryl/α,β-unsaturated/α-hetero) is 2. The summed E-state index contributed by atoms with van der Waals surface area (Å²) in [6.07, 6.45) is 4.62. The minimum absolute atomic E-state index is 0.123. The van der Waals surface area contributed by atoms with Gasteiger partial charge in [-0.25, -0.2) is 0 Å². The van der Waals surface area contributed by atoms with Crippen molar-refractivity contribution < 1.29 is 9.59 Å². The zero-order valence-electron chi connectivity index (χ0n) is 9.81. The SMILES string of the molecule is CCCC(CCC(=O)CCI)C(=O)CCI. The summed E-state index contributed by atoms with van der Waals surface area (Å²) >= 11 is 4.45. The van der Waals surface area contributed by atoms with Gasteiger partial charge in [0, 0.05) is 34.0 Å². The fourth-order valence-electron chi connectivity index (χ4n) is 1.68. The number of rotatable bonds is 10. The van der Waals surface area contributed by atoms with E-state index in [4.69, 9.17) is 0 Å². The van der Waals surface area contributed by atoms with Gasteiger partial charge < -0.3 is 0 Å². The molecule has 0 rings (SSSR count). The highest BCUT2D eigenvalue weighted by Gasteiger charge is 2.17. The third-order valence-corrected chi connectivity index (χ3v) is 3.66. The molecule has 4 heteroatoms. The molecule has 0 spiro atoms. The summed E-state index contributed by atoms with van der Waals surface area (Å²) in [4.78, 5) is 23.2. The average Bonchev–Trinajstić information content (AvgIpc) is 2.24. The molecule has 0 aliphatic rings. The van der Waals surface area contributed by atoms with E-state index in [0.717, 1.165) is 28.1 Å². The van der Waals surface area contributed by atoms with E-state index in [1.807, 2.05) is 0 Å². The maximum atomic E-state index is 11.8. The van der Waals surface area contributed by atoms with Crippen LogP contribution in [0, 0.1) is 5.92 Å². The highest BCUT2D eigenvalue weighted by molar-refractivity contribution is 14.1. The summed E-state index contributed by atoms with van der Waals surface area (Å²) in [6.45, 7) is 2.09. The van der Waals surface area contributed by atoms with Crippen LogP contribution in [0.3, 0.4) is 0 Å². The van der Waals surface area contributed by atoms with Gasteiger partial charge >= 0.3 is 0 Å². The minimum atomic E-state index is 0.123. The lowest BCUT2D eigenvalue weighted by Crippen LogP contribution is -2.16. The summed E-state index contributed by atoms with van der Waals surface area (Å²) in [7, 11) is 0. The molecule has 0 aliphatic carbocycles. The Hall–Kier alpha value is 0.800. The summed E-state index contributed by atoms with van der Waals surface area (Å²) < 4.78 is 1.77. The maximum absolute atomic E-state index is 11.8. The fourth-order valence-corrected chi connectivity index (χ4v) is 2.81. The van der Waals surface area contributed by atoms with Crippen LogP contribution in [0.1, 0.15) is 45.4 Å². The molecule has 0 fully saturated rings. The van der Waals surface area contributed by atoms with Crippen molar-refractivity contribution in [1.82, 2.24) is 0 Å². The molecule has 0 aromatic heterocycles. The number of hydrogen-bond donors (Lipinski definition) is 0. The largest absolute Gasteiger partial charge is 0.300 e. The van der Waals surface area contributed by atoms with Crippen molar-refractivity contribution in [3.8, 4) is 0 Å². The standard InChI is InChI=1S/C12H20I2O2/c1-2-3-10(12(16)7-9-14)4-5-11(15)6-8-13/h10H,2-9H2,1H3. The lowest BCUT2D eigenvalue weighted by atomic mass is 9.91. The van der Waals surface area contributed by atoms with Crippen LogP contribution in [0.4, 0.5) is 0 Å². The van der Waals surface area contributed by atoms with Crippen LogP contribution in [0.15, 0.2) is 0 Å². The van der Waals surface area contributed by atoms with Crippen LogP contribution < -0.4 is 0 Å². The molecule has 0 saturated heterocycles. The lowest BCUT2D eigenvalue weighted by Gasteiger charge is -2.13. The van der Waals surface area contributed by atoms with Crippen LogP contribution in [0.2, 0.25) is 0 Å². The highest BCUT2D eigenvalue weighted by atomic mass is 127. The van der Waals surface area contributed by atoms with Crippen LogP contribution in [-0.4, -0.2) is 20.4 Å². The molecule has 16 heavy (non-hydrogen) atoms. The molecule has 0 N–H and O–H groups in total. The van der Waals surface area contributed by atoms with Crippen molar-refractivity contribution in [2.75, 3.05) is 8.86 Å². The van der Waals surface area contributed by atoms with Crippen molar-refractivity contribution in [3.05, 3.63) is 0 Å². The molecule has 0 aliphatic heterocycles. The first kappa shape index (κ1) is 16.8. The Balaban J connectivity index is 4.02. The van der Waals surface area contributed by atoms with E-state index in [1.165, 1.54) is 0 Å². The zero-order valence-corrected chi connectivity index (χ0v) is 14.1. The maximum Gasteiger partial charge on any atom is 0.136 e. The predicted octanol–water partition coefficient (Wildman–Crippen LogP) is 3.97. The van der Waals surface area contributed by atoms with Crippen molar-refractivity contribution in [2.45, 2.75) is 45.4 Å². The Morgan fingerprint density at radius 1 is 1.00 bits per heavy atom. The van der Waals surface area contributed by atoms with Gasteiger partial charge in [0.05, 0.1) is 0 Å². The second-order valence-corrected chi connectivity index (χ2v) is 6.06. The summed E-state index contributed by atoms with van der Waals surface area (Å²) in [5.41, 5.74) is 0. The van der Waals surface area contributed by atoms with Gasteiger partial charge in [0.25, 0.3) is 0 Å². The number of halogens is 2. The van der Waals surface area contributed by atoms with Crippen molar-refractivity contribution >= 4 is 56.7 Å². The van der Waals surface area contributed by atoms with E-state index in [-0.39, 0.29) is 5.92 Å². The van der Waals surface area contributed by atoms with Gasteiger partial charge in [-0.15, -0.1) is 0 Å². The molecule has 0 aromatic rings. The number of hydrogen-bond acceptors (Lipinski definition) is 2. The van der Waals surface area contributed by atoms with Gasteiger partial charge in [-0.1, -0.05) is 58.5 Å². The average molecular weight is 450 g/mol. The zero-order chi connectivity index (χ0) is 12.4. The van der Waals surface area contributed by atoms with E-state index in [9.17, 15) is 9.59 Å². The van der Waals surface area contributed by atoms with Crippen LogP contribution in [-0.2, 0) is 9.59 Å². The van der Waals surface area contributed by atoms with Gasteiger partial charge in [-0.3, -0.25) is 9.59 Å². The normalized spacial score (nSPS) is 12.4. The van der Waals surface area contributed by atoms with Gasteiger partial charge in [-0.05, 0) is 12.8 Å². The smallest absolute Gasteiger partial charge is 0.136 e. The first-order valence-electron chi connectivity index (χ1n) is 5.82. The van der Waals surface area contributed by atoms with E-state index in [0.29, 0.717) is 30.8 Å². The Morgan fingerprint density at radius 2 is 1.62 bits per heavy atom. The van der Waals surface area contributed by atoms with E-state index >= 15 is 0 Å². The lowest BCUT2D eigenvalue weighted by molar-refractivity contribution is -0.123. The molecule has 94 valence electrons. The molecule has 1 atom stereocenters. The van der Waals surface area contributed by atoms with Gasteiger partial charge in [0.1, 0.15) is 11.6 Å². The monoisotopic (exact) mass is 450 g/mol. The molecule has 0 bridgehead atoms. The molecule has 2 nitrogen and oxygen atoms in total. The fraction of sp³-hybridized carbons (Fsp3) is 0.833. The first-order chi connectivity index (χ1) is 7.65. The Morgan fingerprint density at radius 3 is 2.12 bits per heavy atom. The Bertz CT molecular complexity index is 217. The summed E-state index contributed by atoms with van der Waals surface area (Å²) in [6, 6.07) is 0. The molecule has 0 heterocycles. The van der Waals surface area contributed by atoms with Crippen LogP contribution in [0.25, 0.3) is 0 Å². The molecule has 1 unspecified atom stereocenters. The minimum Gasteiger partial charge on any atom is -0.300 e. The van der Waals surface area contributed by atoms with Gasteiger partial charge in [0.15, 0.2) is 0 Å².